The maximum atomic E-state index is 12.3. The fourth-order valence-corrected chi connectivity index (χ4v) is 3.01. The largest absolute Gasteiger partial charge is 0.493 e. The van der Waals surface area contributed by atoms with Crippen molar-refractivity contribution in [2.75, 3.05) is 14.2 Å². The number of rotatable bonds is 8. The zero-order chi connectivity index (χ0) is 22.2. The van der Waals surface area contributed by atoms with Gasteiger partial charge in [-0.05, 0) is 36.8 Å². The van der Waals surface area contributed by atoms with Crippen LogP contribution in [-0.4, -0.2) is 37.2 Å². The molecule has 0 fully saturated rings. The van der Waals surface area contributed by atoms with E-state index in [1.165, 1.54) is 13.0 Å². The lowest BCUT2D eigenvalue weighted by Gasteiger charge is -2.13. The summed E-state index contributed by atoms with van der Waals surface area (Å²) in [5.74, 6) is 0.167. The number of aromatic nitrogens is 1. The van der Waals surface area contributed by atoms with Crippen molar-refractivity contribution >= 4 is 28.9 Å². The molecule has 1 aromatic heterocycles. The standard InChI is InChI=1S/C24H24N2O5/c1-16(24(28)26-15-17-9-11-20(29-2)21(14-17)30-3)31-22(27)12-10-19-7-4-6-18-8-5-13-25-23(18)19/h4-14,16H,15H2,1-3H3,(H,26,28)/b12-10+/t16-/m1/s1. The molecule has 2 aromatic carbocycles. The molecule has 3 aromatic rings. The molecule has 1 atom stereocenters. The highest BCUT2D eigenvalue weighted by molar-refractivity contribution is 5.94. The van der Waals surface area contributed by atoms with Crippen LogP contribution in [0.2, 0.25) is 0 Å². The summed E-state index contributed by atoms with van der Waals surface area (Å²) in [7, 11) is 3.10. The highest BCUT2D eigenvalue weighted by Crippen LogP contribution is 2.27. The quantitative estimate of drug-likeness (QED) is 0.443. The molecule has 0 radical (unpaired) electrons. The van der Waals surface area contributed by atoms with Gasteiger partial charge in [0.1, 0.15) is 0 Å². The van der Waals surface area contributed by atoms with E-state index in [2.05, 4.69) is 10.3 Å². The highest BCUT2D eigenvalue weighted by atomic mass is 16.5. The minimum Gasteiger partial charge on any atom is -0.493 e. The molecule has 0 unspecified atom stereocenters. The van der Waals surface area contributed by atoms with Crippen molar-refractivity contribution < 1.29 is 23.8 Å². The van der Waals surface area contributed by atoms with Gasteiger partial charge in [0.15, 0.2) is 17.6 Å². The Labute approximate surface area is 180 Å². The van der Waals surface area contributed by atoms with E-state index in [1.54, 1.807) is 38.6 Å². The van der Waals surface area contributed by atoms with Crippen LogP contribution in [0.15, 0.2) is 60.8 Å². The molecule has 1 amide bonds. The number of methoxy groups -OCH3 is 2. The van der Waals surface area contributed by atoms with E-state index in [4.69, 9.17) is 14.2 Å². The van der Waals surface area contributed by atoms with Crippen LogP contribution >= 0.6 is 0 Å². The predicted octanol–water partition coefficient (Wildman–Crippen LogP) is 3.51. The SMILES string of the molecule is COc1ccc(CNC(=O)[C@@H](C)OC(=O)/C=C/c2cccc3cccnc23)cc1OC. The predicted molar refractivity (Wildman–Crippen MR) is 118 cm³/mol. The van der Waals surface area contributed by atoms with E-state index in [1.807, 2.05) is 36.4 Å². The van der Waals surface area contributed by atoms with Crippen LogP contribution in [-0.2, 0) is 20.9 Å². The fraction of sp³-hybridized carbons (Fsp3) is 0.208. The van der Waals surface area contributed by atoms with Gasteiger partial charge in [0.2, 0.25) is 0 Å². The third-order valence-corrected chi connectivity index (χ3v) is 4.64. The van der Waals surface area contributed by atoms with Crippen molar-refractivity contribution in [3.8, 4) is 11.5 Å². The molecular weight excluding hydrogens is 396 g/mol. The normalized spacial score (nSPS) is 11.8. The van der Waals surface area contributed by atoms with Crippen molar-refractivity contribution in [1.82, 2.24) is 10.3 Å². The molecule has 0 aliphatic carbocycles. The van der Waals surface area contributed by atoms with Crippen LogP contribution in [0.1, 0.15) is 18.1 Å². The van der Waals surface area contributed by atoms with Gasteiger partial charge in [0.05, 0.1) is 19.7 Å². The summed E-state index contributed by atoms with van der Waals surface area (Å²) in [4.78, 5) is 28.8. The van der Waals surface area contributed by atoms with Crippen molar-refractivity contribution in [2.24, 2.45) is 0 Å². The molecule has 0 saturated carbocycles. The van der Waals surface area contributed by atoms with Gasteiger partial charge >= 0.3 is 5.97 Å². The summed E-state index contributed by atoms with van der Waals surface area (Å²) in [6.45, 7) is 1.79. The zero-order valence-electron chi connectivity index (χ0n) is 17.6. The number of ether oxygens (including phenoxy) is 3. The van der Waals surface area contributed by atoms with Crippen molar-refractivity contribution in [2.45, 2.75) is 19.6 Å². The topological polar surface area (TPSA) is 86.8 Å². The van der Waals surface area contributed by atoms with Gasteiger partial charge in [-0.2, -0.15) is 0 Å². The Kier molecular flexibility index (Phi) is 7.22. The Hall–Kier alpha value is -3.87. The number of nitrogens with zero attached hydrogens (tertiary/aromatic N) is 1. The molecule has 0 aliphatic heterocycles. The van der Waals surface area contributed by atoms with Crippen LogP contribution in [0.5, 0.6) is 11.5 Å². The summed E-state index contributed by atoms with van der Waals surface area (Å²) < 4.78 is 15.7. The number of para-hydroxylation sites is 1. The first-order chi connectivity index (χ1) is 15.0. The molecule has 0 bridgehead atoms. The summed E-state index contributed by atoms with van der Waals surface area (Å²) in [5.41, 5.74) is 2.41. The van der Waals surface area contributed by atoms with Crippen LogP contribution in [0.3, 0.4) is 0 Å². The minimum absolute atomic E-state index is 0.262. The molecule has 1 N–H and O–H groups in total. The zero-order valence-corrected chi connectivity index (χ0v) is 17.6. The number of benzene rings is 2. The van der Waals surface area contributed by atoms with Gasteiger partial charge < -0.3 is 19.5 Å². The molecule has 7 nitrogen and oxygen atoms in total. The van der Waals surface area contributed by atoms with Gasteiger partial charge in [0, 0.05) is 29.8 Å². The van der Waals surface area contributed by atoms with Gasteiger partial charge in [-0.3, -0.25) is 9.78 Å². The third-order valence-electron chi connectivity index (χ3n) is 4.64. The molecule has 1 heterocycles. The van der Waals surface area contributed by atoms with Crippen LogP contribution < -0.4 is 14.8 Å². The number of amides is 1. The number of hydrogen-bond donors (Lipinski definition) is 1. The number of carbonyl (C=O) groups excluding carboxylic acids is 2. The molecule has 0 spiro atoms. The molecule has 0 saturated heterocycles. The Balaban J connectivity index is 1.55. The number of carbonyl (C=O) groups is 2. The Morgan fingerprint density at radius 3 is 2.61 bits per heavy atom. The number of hydrogen-bond acceptors (Lipinski definition) is 6. The van der Waals surface area contributed by atoms with Crippen LogP contribution in [0.4, 0.5) is 0 Å². The molecule has 3 rings (SSSR count). The molecule has 7 heteroatoms. The Morgan fingerprint density at radius 1 is 1.06 bits per heavy atom. The maximum Gasteiger partial charge on any atom is 0.331 e. The second-order valence-electron chi connectivity index (χ2n) is 6.74. The summed E-state index contributed by atoms with van der Waals surface area (Å²) in [5, 5.41) is 3.72. The van der Waals surface area contributed by atoms with E-state index in [0.29, 0.717) is 11.5 Å². The third kappa shape index (κ3) is 5.60. The van der Waals surface area contributed by atoms with Crippen molar-refractivity contribution in [3.63, 3.8) is 0 Å². The lowest BCUT2D eigenvalue weighted by molar-refractivity contribution is -0.150. The van der Waals surface area contributed by atoms with Crippen LogP contribution in [0.25, 0.3) is 17.0 Å². The van der Waals surface area contributed by atoms with Gasteiger partial charge in [-0.15, -0.1) is 0 Å². The fourth-order valence-electron chi connectivity index (χ4n) is 3.01. The lowest BCUT2D eigenvalue weighted by atomic mass is 10.1. The maximum absolute atomic E-state index is 12.3. The first-order valence-electron chi connectivity index (χ1n) is 9.73. The Morgan fingerprint density at radius 2 is 1.84 bits per heavy atom. The molecule has 160 valence electrons. The van der Waals surface area contributed by atoms with Gasteiger partial charge in [-0.1, -0.05) is 30.3 Å². The second-order valence-corrected chi connectivity index (χ2v) is 6.74. The molecule has 0 aliphatic rings. The number of nitrogens with one attached hydrogen (secondary N) is 1. The summed E-state index contributed by atoms with van der Waals surface area (Å²) in [6, 6.07) is 14.8. The smallest absolute Gasteiger partial charge is 0.331 e. The summed E-state index contributed by atoms with van der Waals surface area (Å²) in [6.07, 6.45) is 3.68. The Bertz CT molecular complexity index is 1100. The van der Waals surface area contributed by atoms with Crippen LogP contribution in [0, 0.1) is 0 Å². The average Bonchev–Trinajstić information content (AvgIpc) is 2.80. The van der Waals surface area contributed by atoms with E-state index >= 15 is 0 Å². The van der Waals surface area contributed by atoms with Gasteiger partial charge in [0.25, 0.3) is 5.91 Å². The first-order valence-corrected chi connectivity index (χ1v) is 9.73. The average molecular weight is 420 g/mol. The minimum atomic E-state index is -0.942. The van der Waals surface area contributed by atoms with E-state index in [0.717, 1.165) is 22.0 Å². The molecule has 31 heavy (non-hydrogen) atoms. The monoisotopic (exact) mass is 420 g/mol. The van der Waals surface area contributed by atoms with E-state index in [-0.39, 0.29) is 6.54 Å². The van der Waals surface area contributed by atoms with Crippen molar-refractivity contribution in [1.29, 1.82) is 0 Å². The first kappa shape index (κ1) is 21.8. The number of pyridine rings is 1. The van der Waals surface area contributed by atoms with E-state index in [9.17, 15) is 9.59 Å². The summed E-state index contributed by atoms with van der Waals surface area (Å²) >= 11 is 0. The number of esters is 1. The van der Waals surface area contributed by atoms with E-state index < -0.39 is 18.0 Å². The number of fused-ring (bicyclic) bond motifs is 1. The molecular formula is C24H24N2O5. The highest BCUT2D eigenvalue weighted by Gasteiger charge is 2.16. The lowest BCUT2D eigenvalue weighted by Crippen LogP contribution is -2.35. The second kappa shape index (κ2) is 10.2. The van der Waals surface area contributed by atoms with Crippen molar-refractivity contribution in [3.05, 3.63) is 71.9 Å². The van der Waals surface area contributed by atoms with Gasteiger partial charge in [-0.25, -0.2) is 4.79 Å².